The molecule has 6 rings (SSSR count). The third kappa shape index (κ3) is 3.22. The summed E-state index contributed by atoms with van der Waals surface area (Å²) >= 11 is 3.39. The molecule has 1 amide bonds. The van der Waals surface area contributed by atoms with Crippen molar-refractivity contribution in [2.75, 3.05) is 6.54 Å². The van der Waals surface area contributed by atoms with Crippen LogP contribution in [0.15, 0.2) is 33.8 Å². The number of nitrogens with zero attached hydrogens (tertiary/aromatic N) is 2. The van der Waals surface area contributed by atoms with Crippen LogP contribution in [0.5, 0.6) is 0 Å². The molecule has 0 radical (unpaired) electrons. The summed E-state index contributed by atoms with van der Waals surface area (Å²) in [6, 6.07) is 5.42. The van der Waals surface area contributed by atoms with Crippen molar-refractivity contribution >= 4 is 32.7 Å². The van der Waals surface area contributed by atoms with Gasteiger partial charge in [0.05, 0.1) is 17.2 Å². The van der Waals surface area contributed by atoms with Crippen molar-refractivity contribution in [1.82, 2.24) is 14.9 Å². The summed E-state index contributed by atoms with van der Waals surface area (Å²) in [5, 5.41) is 3.67. The third-order valence-electron chi connectivity index (χ3n) is 6.93. The van der Waals surface area contributed by atoms with Crippen LogP contribution in [0.25, 0.3) is 10.9 Å². The van der Waals surface area contributed by atoms with Gasteiger partial charge in [0.25, 0.3) is 5.56 Å². The number of carbonyl (C=O) groups excluding carboxylic acids is 1. The highest BCUT2D eigenvalue weighted by Gasteiger charge is 2.50. The van der Waals surface area contributed by atoms with Gasteiger partial charge in [-0.2, -0.15) is 0 Å². The Hall–Kier alpha value is -1.69. The van der Waals surface area contributed by atoms with Crippen LogP contribution in [0.3, 0.4) is 0 Å². The van der Waals surface area contributed by atoms with Crippen molar-refractivity contribution < 1.29 is 4.79 Å². The lowest BCUT2D eigenvalue weighted by atomic mass is 9.49. The first-order valence-corrected chi connectivity index (χ1v) is 10.7. The highest BCUT2D eigenvalue weighted by molar-refractivity contribution is 9.10. The molecule has 1 heterocycles. The maximum Gasteiger partial charge on any atom is 0.261 e. The summed E-state index contributed by atoms with van der Waals surface area (Å²) in [6.07, 6.45) is 9.49. The fraction of sp³-hybridized carbons (Fsp3) is 0.571. The molecule has 4 fully saturated rings. The average Bonchev–Trinajstić information content (AvgIpc) is 2.62. The standard InChI is InChI=1S/C21H24BrN3O2/c22-16-1-2-18-17(6-16)20(27)25(12-24-18)10-19(26)23-11-21-7-13-3-14(8-21)5-15(4-13)9-21/h1-2,6,12-15H,3-5,7-11H2,(H,23,26). The van der Waals surface area contributed by atoms with Gasteiger partial charge in [-0.3, -0.25) is 14.2 Å². The Morgan fingerprint density at radius 2 is 1.85 bits per heavy atom. The summed E-state index contributed by atoms with van der Waals surface area (Å²) < 4.78 is 2.24. The van der Waals surface area contributed by atoms with Gasteiger partial charge < -0.3 is 5.32 Å². The topological polar surface area (TPSA) is 64.0 Å². The zero-order chi connectivity index (χ0) is 18.6. The smallest absolute Gasteiger partial charge is 0.261 e. The molecule has 4 aliphatic rings. The normalized spacial score (nSPS) is 31.4. The Balaban J connectivity index is 1.28. The first kappa shape index (κ1) is 17.4. The minimum absolute atomic E-state index is 0.0284. The SMILES string of the molecule is O=C(Cn1cnc2ccc(Br)cc2c1=O)NCC12CC3CC(CC(C3)C1)C2. The van der Waals surface area contributed by atoms with Gasteiger partial charge in [-0.05, 0) is 79.9 Å². The van der Waals surface area contributed by atoms with Crippen molar-refractivity contribution in [3.63, 3.8) is 0 Å². The zero-order valence-electron chi connectivity index (χ0n) is 15.3. The van der Waals surface area contributed by atoms with E-state index in [2.05, 4.69) is 26.2 Å². The summed E-state index contributed by atoms with van der Waals surface area (Å²) in [5.41, 5.74) is 0.779. The average molecular weight is 430 g/mol. The molecule has 4 saturated carbocycles. The number of hydrogen-bond acceptors (Lipinski definition) is 3. The number of nitrogens with one attached hydrogen (secondary N) is 1. The van der Waals surface area contributed by atoms with E-state index in [-0.39, 0.29) is 18.0 Å². The highest BCUT2D eigenvalue weighted by Crippen LogP contribution is 2.59. The lowest BCUT2D eigenvalue weighted by Gasteiger charge is -2.56. The predicted molar refractivity (Wildman–Crippen MR) is 107 cm³/mol. The molecule has 0 unspecified atom stereocenters. The molecule has 1 N–H and O–H groups in total. The maximum absolute atomic E-state index is 12.7. The fourth-order valence-electron chi connectivity index (χ4n) is 6.25. The Morgan fingerprint density at radius 1 is 1.19 bits per heavy atom. The van der Waals surface area contributed by atoms with Gasteiger partial charge >= 0.3 is 0 Å². The molecule has 1 aromatic carbocycles. The van der Waals surface area contributed by atoms with Gasteiger partial charge in [-0.25, -0.2) is 4.98 Å². The molecular formula is C21H24BrN3O2. The van der Waals surface area contributed by atoms with Gasteiger partial charge in [-0.15, -0.1) is 0 Å². The Morgan fingerprint density at radius 3 is 2.52 bits per heavy atom. The molecule has 142 valence electrons. The molecule has 4 bridgehead atoms. The zero-order valence-corrected chi connectivity index (χ0v) is 16.9. The van der Waals surface area contributed by atoms with Gasteiger partial charge in [0.15, 0.2) is 0 Å². The van der Waals surface area contributed by atoms with E-state index in [0.29, 0.717) is 16.3 Å². The van der Waals surface area contributed by atoms with Crippen molar-refractivity contribution in [2.45, 2.75) is 45.1 Å². The summed E-state index contributed by atoms with van der Waals surface area (Å²) in [5.74, 6) is 2.53. The van der Waals surface area contributed by atoms with Crippen LogP contribution >= 0.6 is 15.9 Å². The molecule has 0 atom stereocenters. The Bertz CT molecular complexity index is 932. The summed E-state index contributed by atoms with van der Waals surface area (Å²) in [7, 11) is 0. The second-order valence-corrected chi connectivity index (χ2v) is 9.95. The molecule has 2 aromatic rings. The van der Waals surface area contributed by atoms with E-state index < -0.39 is 0 Å². The Labute approximate surface area is 166 Å². The van der Waals surface area contributed by atoms with Crippen LogP contribution in [0, 0.1) is 23.2 Å². The van der Waals surface area contributed by atoms with Gasteiger partial charge in [0, 0.05) is 11.0 Å². The van der Waals surface area contributed by atoms with Crippen molar-refractivity contribution in [3.05, 3.63) is 39.4 Å². The number of amides is 1. The number of halogens is 1. The van der Waals surface area contributed by atoms with Crippen LogP contribution in [0.1, 0.15) is 38.5 Å². The lowest BCUT2D eigenvalue weighted by Crippen LogP contribution is -2.51. The van der Waals surface area contributed by atoms with Crippen LogP contribution in [0.2, 0.25) is 0 Å². The molecular weight excluding hydrogens is 406 g/mol. The van der Waals surface area contributed by atoms with E-state index in [1.54, 1.807) is 12.1 Å². The van der Waals surface area contributed by atoms with Gasteiger partial charge in [0.2, 0.25) is 5.91 Å². The van der Waals surface area contributed by atoms with Crippen molar-refractivity contribution in [1.29, 1.82) is 0 Å². The lowest BCUT2D eigenvalue weighted by molar-refractivity contribution is -0.123. The minimum Gasteiger partial charge on any atom is -0.354 e. The van der Waals surface area contributed by atoms with E-state index >= 15 is 0 Å². The molecule has 0 saturated heterocycles. The minimum atomic E-state index is -0.175. The van der Waals surface area contributed by atoms with Gasteiger partial charge in [0.1, 0.15) is 6.54 Å². The van der Waals surface area contributed by atoms with E-state index in [4.69, 9.17) is 0 Å². The van der Waals surface area contributed by atoms with Crippen LogP contribution < -0.4 is 10.9 Å². The maximum atomic E-state index is 12.7. The van der Waals surface area contributed by atoms with Crippen molar-refractivity contribution in [2.24, 2.45) is 23.2 Å². The van der Waals surface area contributed by atoms with E-state index in [1.807, 2.05) is 6.07 Å². The number of carbonyl (C=O) groups is 1. The van der Waals surface area contributed by atoms with Crippen molar-refractivity contribution in [3.8, 4) is 0 Å². The second-order valence-electron chi connectivity index (χ2n) is 9.03. The van der Waals surface area contributed by atoms with E-state index in [9.17, 15) is 9.59 Å². The van der Waals surface area contributed by atoms with Gasteiger partial charge in [-0.1, -0.05) is 15.9 Å². The second kappa shape index (κ2) is 6.43. The number of benzene rings is 1. The largest absolute Gasteiger partial charge is 0.354 e. The first-order chi connectivity index (χ1) is 13.0. The predicted octanol–water partition coefficient (Wildman–Crippen LogP) is 3.49. The molecule has 0 spiro atoms. The van der Waals surface area contributed by atoms with Crippen LogP contribution in [0.4, 0.5) is 0 Å². The number of hydrogen-bond donors (Lipinski definition) is 1. The van der Waals surface area contributed by atoms with Crippen LogP contribution in [-0.2, 0) is 11.3 Å². The Kier molecular flexibility index (Phi) is 4.15. The molecule has 1 aromatic heterocycles. The first-order valence-electron chi connectivity index (χ1n) is 9.91. The molecule has 27 heavy (non-hydrogen) atoms. The fourth-order valence-corrected chi connectivity index (χ4v) is 6.61. The molecule has 0 aliphatic heterocycles. The monoisotopic (exact) mass is 429 g/mol. The third-order valence-corrected chi connectivity index (χ3v) is 7.42. The number of fused-ring (bicyclic) bond motifs is 1. The highest BCUT2D eigenvalue weighted by atomic mass is 79.9. The number of aromatic nitrogens is 2. The number of rotatable bonds is 4. The van der Waals surface area contributed by atoms with Crippen LogP contribution in [-0.4, -0.2) is 22.0 Å². The molecule has 4 aliphatic carbocycles. The summed E-state index contributed by atoms with van der Waals surface area (Å²) in [6.45, 7) is 0.789. The molecule has 5 nitrogen and oxygen atoms in total. The quantitative estimate of drug-likeness (QED) is 0.808. The van der Waals surface area contributed by atoms with E-state index in [1.165, 1.54) is 49.4 Å². The summed E-state index contributed by atoms with van der Waals surface area (Å²) in [4.78, 5) is 29.5. The van der Waals surface area contributed by atoms with E-state index in [0.717, 1.165) is 28.8 Å². The molecule has 6 heteroatoms.